The first-order valence-electron chi connectivity index (χ1n) is 7.53. The highest BCUT2D eigenvalue weighted by molar-refractivity contribution is 4.75. The Morgan fingerprint density at radius 1 is 1.22 bits per heavy atom. The van der Waals surface area contributed by atoms with E-state index in [1.165, 1.54) is 51.5 Å². The molecule has 1 aromatic rings. The summed E-state index contributed by atoms with van der Waals surface area (Å²) in [4.78, 5) is 4.06. The number of hydrogen-bond donors (Lipinski definition) is 1. The standard InChI is InChI=1S/C15H27N3/c1-14-5-4-6-15(8-7-14)17-9-2-3-11-18-12-10-16-13-18/h10,12-15,17H,2-9,11H2,1H3. The maximum Gasteiger partial charge on any atom is 0.0945 e. The van der Waals surface area contributed by atoms with Crippen LogP contribution in [0, 0.1) is 5.92 Å². The number of nitrogens with zero attached hydrogens (tertiary/aromatic N) is 2. The lowest BCUT2D eigenvalue weighted by Gasteiger charge is -2.16. The molecule has 1 heterocycles. The van der Waals surface area contributed by atoms with E-state index in [0.717, 1.165) is 18.5 Å². The first-order valence-corrected chi connectivity index (χ1v) is 7.53. The van der Waals surface area contributed by atoms with Gasteiger partial charge < -0.3 is 9.88 Å². The van der Waals surface area contributed by atoms with Gasteiger partial charge in [-0.05, 0) is 44.6 Å². The van der Waals surface area contributed by atoms with Gasteiger partial charge in [-0.2, -0.15) is 0 Å². The minimum atomic E-state index is 0.781. The van der Waals surface area contributed by atoms with Crippen molar-refractivity contribution in [2.75, 3.05) is 6.54 Å². The summed E-state index contributed by atoms with van der Waals surface area (Å²) in [6.45, 7) is 4.67. The van der Waals surface area contributed by atoms with Gasteiger partial charge >= 0.3 is 0 Å². The fourth-order valence-electron chi connectivity index (χ4n) is 2.84. The second kappa shape index (κ2) is 7.57. The quantitative estimate of drug-likeness (QED) is 0.619. The topological polar surface area (TPSA) is 29.9 Å². The predicted molar refractivity (Wildman–Crippen MR) is 75.5 cm³/mol. The zero-order chi connectivity index (χ0) is 12.6. The highest BCUT2D eigenvalue weighted by Gasteiger charge is 2.14. The summed E-state index contributed by atoms with van der Waals surface area (Å²) < 4.78 is 2.16. The van der Waals surface area contributed by atoms with Gasteiger partial charge in [-0.1, -0.05) is 19.8 Å². The summed E-state index contributed by atoms with van der Waals surface area (Å²) >= 11 is 0. The zero-order valence-corrected chi connectivity index (χ0v) is 11.6. The van der Waals surface area contributed by atoms with Gasteiger partial charge in [-0.25, -0.2) is 4.98 Å². The van der Waals surface area contributed by atoms with Gasteiger partial charge in [0.05, 0.1) is 6.33 Å². The van der Waals surface area contributed by atoms with E-state index < -0.39 is 0 Å². The molecule has 1 saturated carbocycles. The SMILES string of the molecule is CC1CCCC(NCCCCn2ccnc2)CC1. The van der Waals surface area contributed by atoms with Crippen molar-refractivity contribution in [1.82, 2.24) is 14.9 Å². The molecule has 1 N–H and O–H groups in total. The van der Waals surface area contributed by atoms with Gasteiger partial charge in [-0.15, -0.1) is 0 Å². The number of hydrogen-bond acceptors (Lipinski definition) is 2. The van der Waals surface area contributed by atoms with Crippen LogP contribution >= 0.6 is 0 Å². The summed E-state index contributed by atoms with van der Waals surface area (Å²) in [5.41, 5.74) is 0. The molecule has 0 radical (unpaired) electrons. The van der Waals surface area contributed by atoms with Gasteiger partial charge in [0, 0.05) is 25.0 Å². The first kappa shape index (κ1) is 13.6. The lowest BCUT2D eigenvalue weighted by Crippen LogP contribution is -2.29. The minimum Gasteiger partial charge on any atom is -0.337 e. The monoisotopic (exact) mass is 249 g/mol. The lowest BCUT2D eigenvalue weighted by atomic mass is 10.0. The fourth-order valence-corrected chi connectivity index (χ4v) is 2.84. The van der Waals surface area contributed by atoms with Crippen LogP contribution in [-0.4, -0.2) is 22.1 Å². The van der Waals surface area contributed by atoms with Gasteiger partial charge in [0.1, 0.15) is 0 Å². The molecule has 0 saturated heterocycles. The van der Waals surface area contributed by atoms with E-state index in [4.69, 9.17) is 0 Å². The molecular weight excluding hydrogens is 222 g/mol. The number of imidazole rings is 1. The van der Waals surface area contributed by atoms with E-state index in [1.807, 2.05) is 18.7 Å². The Hall–Kier alpha value is -0.830. The lowest BCUT2D eigenvalue weighted by molar-refractivity contribution is 0.437. The molecule has 18 heavy (non-hydrogen) atoms. The molecule has 2 unspecified atom stereocenters. The maximum atomic E-state index is 4.06. The van der Waals surface area contributed by atoms with Crippen LogP contribution < -0.4 is 5.32 Å². The molecule has 2 atom stereocenters. The highest BCUT2D eigenvalue weighted by Crippen LogP contribution is 2.22. The Morgan fingerprint density at radius 3 is 3.00 bits per heavy atom. The van der Waals surface area contributed by atoms with Crippen LogP contribution in [0.1, 0.15) is 51.9 Å². The third-order valence-electron chi connectivity index (χ3n) is 4.09. The van der Waals surface area contributed by atoms with Gasteiger partial charge in [0.2, 0.25) is 0 Å². The van der Waals surface area contributed by atoms with Crippen molar-refractivity contribution in [2.24, 2.45) is 5.92 Å². The Balaban J connectivity index is 1.52. The molecule has 3 heteroatoms. The summed E-state index contributed by atoms with van der Waals surface area (Å²) in [5.74, 6) is 0.943. The predicted octanol–water partition coefficient (Wildman–Crippen LogP) is 3.22. The van der Waals surface area contributed by atoms with E-state index in [2.05, 4.69) is 21.8 Å². The zero-order valence-electron chi connectivity index (χ0n) is 11.6. The second-order valence-electron chi connectivity index (χ2n) is 5.77. The van der Waals surface area contributed by atoms with E-state index >= 15 is 0 Å². The molecule has 1 aromatic heterocycles. The molecule has 0 aromatic carbocycles. The van der Waals surface area contributed by atoms with Crippen LogP contribution in [0.15, 0.2) is 18.7 Å². The number of nitrogens with one attached hydrogen (secondary N) is 1. The van der Waals surface area contributed by atoms with E-state index in [9.17, 15) is 0 Å². The maximum absolute atomic E-state index is 4.06. The van der Waals surface area contributed by atoms with Crippen molar-refractivity contribution in [3.05, 3.63) is 18.7 Å². The van der Waals surface area contributed by atoms with Crippen LogP contribution in [0.4, 0.5) is 0 Å². The second-order valence-corrected chi connectivity index (χ2v) is 5.77. The van der Waals surface area contributed by atoms with Crippen LogP contribution in [0.3, 0.4) is 0 Å². The molecule has 102 valence electrons. The summed E-state index contributed by atoms with van der Waals surface area (Å²) in [6, 6.07) is 0.781. The number of aryl methyl sites for hydroxylation is 1. The average Bonchev–Trinajstić information content (AvgIpc) is 2.79. The third-order valence-corrected chi connectivity index (χ3v) is 4.09. The van der Waals surface area contributed by atoms with Crippen molar-refractivity contribution >= 4 is 0 Å². The number of rotatable bonds is 6. The minimum absolute atomic E-state index is 0.781. The third kappa shape index (κ3) is 4.81. The largest absolute Gasteiger partial charge is 0.337 e. The normalized spacial score (nSPS) is 24.9. The Kier molecular flexibility index (Phi) is 5.72. The molecule has 0 bridgehead atoms. The molecular formula is C15H27N3. The summed E-state index contributed by atoms with van der Waals surface area (Å²) in [5, 5.41) is 3.74. The van der Waals surface area contributed by atoms with Crippen molar-refractivity contribution in [3.63, 3.8) is 0 Å². The van der Waals surface area contributed by atoms with Gasteiger partial charge in [0.15, 0.2) is 0 Å². The van der Waals surface area contributed by atoms with Crippen LogP contribution in [0.5, 0.6) is 0 Å². The van der Waals surface area contributed by atoms with Crippen molar-refractivity contribution in [3.8, 4) is 0 Å². The van der Waals surface area contributed by atoms with Crippen LogP contribution in [0.25, 0.3) is 0 Å². The summed E-state index contributed by atoms with van der Waals surface area (Å²) in [6.07, 6.45) is 15.3. The fraction of sp³-hybridized carbons (Fsp3) is 0.800. The number of unbranched alkanes of at least 4 members (excludes halogenated alkanes) is 1. The number of aromatic nitrogens is 2. The van der Waals surface area contributed by atoms with Crippen LogP contribution in [0.2, 0.25) is 0 Å². The Labute approximate surface area is 111 Å². The highest BCUT2D eigenvalue weighted by atomic mass is 15.0. The van der Waals surface area contributed by atoms with Crippen molar-refractivity contribution < 1.29 is 0 Å². The van der Waals surface area contributed by atoms with Gasteiger partial charge in [0.25, 0.3) is 0 Å². The first-order chi connectivity index (χ1) is 8.84. The molecule has 2 rings (SSSR count). The van der Waals surface area contributed by atoms with E-state index in [0.29, 0.717) is 0 Å². The average molecular weight is 249 g/mol. The molecule has 0 amide bonds. The smallest absolute Gasteiger partial charge is 0.0945 e. The van der Waals surface area contributed by atoms with Gasteiger partial charge in [-0.3, -0.25) is 0 Å². The molecule has 1 fully saturated rings. The molecule has 1 aliphatic rings. The molecule has 1 aliphatic carbocycles. The molecule has 0 spiro atoms. The van der Waals surface area contributed by atoms with Crippen LogP contribution in [-0.2, 0) is 6.54 Å². The van der Waals surface area contributed by atoms with Crippen molar-refractivity contribution in [1.29, 1.82) is 0 Å². The Morgan fingerprint density at radius 2 is 2.17 bits per heavy atom. The summed E-state index contributed by atoms with van der Waals surface area (Å²) in [7, 11) is 0. The molecule has 0 aliphatic heterocycles. The van der Waals surface area contributed by atoms with Crippen molar-refractivity contribution in [2.45, 2.75) is 64.5 Å². The van der Waals surface area contributed by atoms with E-state index in [1.54, 1.807) is 0 Å². The Bertz CT molecular complexity index is 308. The van der Waals surface area contributed by atoms with E-state index in [-0.39, 0.29) is 0 Å². The molecule has 3 nitrogen and oxygen atoms in total.